The van der Waals surface area contributed by atoms with Crippen LogP contribution in [0.1, 0.15) is 10.4 Å². The number of aromatic hydroxyl groups is 1. The number of phenols is 1. The number of hydrogen-bond acceptors (Lipinski definition) is 27. The van der Waals surface area contributed by atoms with Gasteiger partial charge in [0.2, 0.25) is 0 Å². The molecule has 5 rings (SSSR count). The number of nitrogens with zero attached hydrogens (tertiary/aromatic N) is 5. The van der Waals surface area contributed by atoms with Crippen LogP contribution in [0.5, 0.6) is 5.75 Å². The van der Waals surface area contributed by atoms with E-state index in [1.807, 2.05) is 0 Å². The molecule has 5 aromatic carbocycles. The molecule has 0 aliphatic heterocycles. The number of azo groups is 2. The number of rotatable bonds is 27. The van der Waals surface area contributed by atoms with Crippen LogP contribution in [-0.4, -0.2) is 120 Å². The molecule has 5 aromatic rings. The lowest BCUT2D eigenvalue weighted by Gasteiger charge is -2.23. The first-order valence-electron chi connectivity index (χ1n) is 19.2. The molecule has 0 spiro atoms. The van der Waals surface area contributed by atoms with E-state index in [2.05, 4.69) is 48.7 Å². The second kappa shape index (κ2) is 25.0. The summed E-state index contributed by atoms with van der Waals surface area (Å²) >= 11 is 0.299. The number of benzene rings is 5. The van der Waals surface area contributed by atoms with Crippen molar-refractivity contribution in [3.8, 4) is 5.75 Å². The Balaban J connectivity index is 1.55. The molecule has 72 heavy (non-hydrogen) atoms. The van der Waals surface area contributed by atoms with Gasteiger partial charge in [-0.15, -0.1) is 24.0 Å². The van der Waals surface area contributed by atoms with Crippen molar-refractivity contribution >= 4 is 125 Å². The van der Waals surface area contributed by atoms with E-state index in [9.17, 15) is 61.1 Å². The number of sulfone groups is 2. The lowest BCUT2D eigenvalue weighted by atomic mass is 10.1. The van der Waals surface area contributed by atoms with Gasteiger partial charge in [0, 0.05) is 28.6 Å². The normalized spacial score (nSPS) is 12.8. The van der Waals surface area contributed by atoms with Crippen molar-refractivity contribution in [1.82, 2.24) is 0 Å². The first kappa shape index (κ1) is 57.5. The molecule has 0 saturated heterocycles. The second-order valence-electron chi connectivity index (χ2n) is 13.9. The molecule has 29 nitrogen and oxygen atoms in total. The number of hydrogen-bond donors (Lipinski definition) is 7. The number of fused-ring (bicyclic) bond motifs is 1. The summed E-state index contributed by atoms with van der Waals surface area (Å²) in [5.74, 6) is -4.81. The number of carbonyl (C=O) groups is 1. The Morgan fingerprint density at radius 2 is 1.40 bits per heavy atom. The standard InChI is InChI=1S/C36H36N6O23S7/c43-35-27-10-12-30(37-22-70(51,52)53)33(40-39-29-11-9-26(20-32(29)71(54,55)56)69(49,50)18-14-60-67-65-63-46)28(27)21-31(66-64-62-45)34(35)41-38-24-6-4-5-23(19-24)36(44)42(25-7-2-1-3-8-25)13-16-68(47,48)17-15-61-72(57,58)59/h1-12,19-21,37,43,45-46H,13-18,22H2,(H,51,52,53)(H,54,55,56)(H,57,58,59). The van der Waals surface area contributed by atoms with Gasteiger partial charge in [0.1, 0.15) is 27.8 Å². The minimum atomic E-state index is -5.27. The highest BCUT2D eigenvalue weighted by molar-refractivity contribution is 7.94. The quantitative estimate of drug-likeness (QED) is 0.00795. The Hall–Kier alpha value is -5.36. The summed E-state index contributed by atoms with van der Waals surface area (Å²) in [6.07, 6.45) is 0. The van der Waals surface area contributed by atoms with E-state index < -0.39 is 132 Å². The molecule has 0 saturated carbocycles. The van der Waals surface area contributed by atoms with Crippen LogP contribution in [-0.2, 0) is 77.4 Å². The third kappa shape index (κ3) is 16.9. The highest BCUT2D eigenvalue weighted by Crippen LogP contribution is 2.48. The van der Waals surface area contributed by atoms with Crippen molar-refractivity contribution in [2.75, 3.05) is 53.1 Å². The number of carbonyl (C=O) groups excluding carboxylic acids is 1. The summed E-state index contributed by atoms with van der Waals surface area (Å²) < 4.78 is 167. The first-order chi connectivity index (χ1) is 33.8. The summed E-state index contributed by atoms with van der Waals surface area (Å²) in [6, 6.07) is 19.1. The zero-order valence-electron chi connectivity index (χ0n) is 35.8. The van der Waals surface area contributed by atoms with Crippen LogP contribution in [0.15, 0.2) is 126 Å². The number of anilines is 2. The Morgan fingerprint density at radius 1 is 0.694 bits per heavy atom. The van der Waals surface area contributed by atoms with E-state index in [1.54, 1.807) is 18.2 Å². The van der Waals surface area contributed by atoms with Gasteiger partial charge in [0.15, 0.2) is 37.7 Å². The summed E-state index contributed by atoms with van der Waals surface area (Å²) in [5.41, 5.74) is -1.53. The van der Waals surface area contributed by atoms with Crippen LogP contribution in [0.25, 0.3) is 10.8 Å². The van der Waals surface area contributed by atoms with Gasteiger partial charge < -0.3 is 15.3 Å². The maximum atomic E-state index is 14.0. The molecular formula is C36H36N6O23S7. The van der Waals surface area contributed by atoms with Crippen molar-refractivity contribution in [3.63, 3.8) is 0 Å². The van der Waals surface area contributed by atoms with Crippen LogP contribution < -0.4 is 10.2 Å². The molecule has 0 aliphatic rings. The number of nitrogens with one attached hydrogen (secondary N) is 1. The highest BCUT2D eigenvalue weighted by Gasteiger charge is 2.25. The number of phenolic OH excluding ortho intramolecular Hbond substituents is 1. The van der Waals surface area contributed by atoms with Crippen LogP contribution in [0.2, 0.25) is 0 Å². The Labute approximate surface area is 417 Å². The lowest BCUT2D eigenvalue weighted by Crippen LogP contribution is -2.36. The minimum Gasteiger partial charge on any atom is -0.505 e. The Morgan fingerprint density at radius 3 is 2.07 bits per heavy atom. The summed E-state index contributed by atoms with van der Waals surface area (Å²) in [5, 5.41) is 54.1. The third-order valence-electron chi connectivity index (χ3n) is 9.10. The van der Waals surface area contributed by atoms with Gasteiger partial charge in [-0.2, -0.15) is 30.4 Å². The van der Waals surface area contributed by atoms with Crippen molar-refractivity contribution in [3.05, 3.63) is 96.6 Å². The SMILES string of the molecule is O=C(c1cccc(N=Nc2c(SOOO)cc3c(N=Nc4ccc(S(=O)(=O)CCOSOOO)cc4S(=O)(=O)O)c(NCS(=O)(=O)O)ccc3c2O)c1)N(CCS(=O)(=O)CCOS(=O)(=O)O)c1ccccc1. The predicted octanol–water partition coefficient (Wildman–Crippen LogP) is 5.96. The molecule has 7 N–H and O–H groups in total. The third-order valence-corrected chi connectivity index (χ3v) is 15.2. The van der Waals surface area contributed by atoms with Crippen molar-refractivity contribution in [2.24, 2.45) is 20.5 Å². The van der Waals surface area contributed by atoms with Gasteiger partial charge in [-0.3, -0.25) is 22.6 Å². The predicted molar refractivity (Wildman–Crippen MR) is 252 cm³/mol. The Kier molecular flexibility index (Phi) is 20.0. The molecule has 0 aliphatic carbocycles. The van der Waals surface area contributed by atoms with Gasteiger partial charge in [0.25, 0.3) is 26.1 Å². The van der Waals surface area contributed by atoms with Gasteiger partial charge in [-0.1, -0.05) is 34.3 Å². The Bertz CT molecular complexity index is 3410. The second-order valence-corrected chi connectivity index (χ2v) is 23.5. The van der Waals surface area contributed by atoms with E-state index in [0.29, 0.717) is 6.07 Å². The van der Waals surface area contributed by atoms with Gasteiger partial charge >= 0.3 is 10.4 Å². The zero-order chi connectivity index (χ0) is 52.9. The topological polar surface area (TPSA) is 429 Å². The highest BCUT2D eigenvalue weighted by atomic mass is 32.3. The maximum absolute atomic E-state index is 14.0. The average Bonchev–Trinajstić information content (AvgIpc) is 3.31. The molecule has 0 radical (unpaired) electrons. The molecule has 0 fully saturated rings. The number of amides is 1. The van der Waals surface area contributed by atoms with E-state index in [4.69, 9.17) is 19.3 Å². The van der Waals surface area contributed by atoms with E-state index in [0.717, 1.165) is 29.2 Å². The van der Waals surface area contributed by atoms with E-state index in [-0.39, 0.29) is 62.7 Å². The zero-order valence-corrected chi connectivity index (χ0v) is 41.5. The fourth-order valence-electron chi connectivity index (χ4n) is 5.96. The van der Waals surface area contributed by atoms with Gasteiger partial charge in [0.05, 0.1) is 63.7 Å². The largest absolute Gasteiger partial charge is 0.505 e. The molecule has 0 aromatic heterocycles. The monoisotopic (exact) mass is 1140 g/mol. The molecule has 1 amide bonds. The molecule has 0 unspecified atom stereocenters. The van der Waals surface area contributed by atoms with Crippen molar-refractivity contribution < 1.29 is 103 Å². The van der Waals surface area contributed by atoms with Crippen LogP contribution >= 0.6 is 24.4 Å². The van der Waals surface area contributed by atoms with E-state index >= 15 is 0 Å². The average molecular weight is 1150 g/mol. The van der Waals surface area contributed by atoms with Gasteiger partial charge in [-0.25, -0.2) is 31.5 Å². The smallest absolute Gasteiger partial charge is 0.397 e. The van der Waals surface area contributed by atoms with E-state index in [1.165, 1.54) is 42.5 Å². The fraction of sp³-hybridized carbons (Fsp3) is 0.194. The van der Waals surface area contributed by atoms with Crippen molar-refractivity contribution in [1.29, 1.82) is 0 Å². The fourth-order valence-corrected chi connectivity index (χ4v) is 10.3. The minimum absolute atomic E-state index is 0.0265. The molecular weight excluding hydrogens is 1110 g/mol. The molecule has 390 valence electrons. The first-order valence-corrected chi connectivity index (χ1v) is 28.5. The summed E-state index contributed by atoms with van der Waals surface area (Å²) in [4.78, 5) is 13.1. The summed E-state index contributed by atoms with van der Waals surface area (Å²) in [7, 11) is -23.3. The van der Waals surface area contributed by atoms with Crippen LogP contribution in [0.3, 0.4) is 0 Å². The molecule has 0 atom stereocenters. The molecule has 0 heterocycles. The van der Waals surface area contributed by atoms with Crippen LogP contribution in [0.4, 0.5) is 34.1 Å². The maximum Gasteiger partial charge on any atom is 0.397 e. The number of para-hydroxylation sites is 1. The molecule has 0 bridgehead atoms. The molecule has 36 heteroatoms. The van der Waals surface area contributed by atoms with Gasteiger partial charge in [-0.05, 0) is 66.7 Å². The van der Waals surface area contributed by atoms with Crippen LogP contribution in [0, 0.1) is 0 Å². The summed E-state index contributed by atoms with van der Waals surface area (Å²) in [6.45, 7) is -1.86. The van der Waals surface area contributed by atoms with Crippen molar-refractivity contribution in [2.45, 2.75) is 14.7 Å². The lowest BCUT2D eigenvalue weighted by molar-refractivity contribution is -0.434.